The van der Waals surface area contributed by atoms with Gasteiger partial charge in [0.15, 0.2) is 5.96 Å². The van der Waals surface area contributed by atoms with Crippen LogP contribution in [0.2, 0.25) is 0 Å². The van der Waals surface area contributed by atoms with Crippen LogP contribution in [0.25, 0.3) is 0 Å². The van der Waals surface area contributed by atoms with E-state index in [1.54, 1.807) is 18.4 Å². The molecule has 0 bridgehead atoms. The third-order valence-corrected chi connectivity index (χ3v) is 5.65. The van der Waals surface area contributed by atoms with Crippen LogP contribution in [0.3, 0.4) is 0 Å². The fraction of sp³-hybridized carbons (Fsp3) is 0.706. The van der Waals surface area contributed by atoms with Gasteiger partial charge in [-0.3, -0.25) is 4.99 Å². The minimum absolute atomic E-state index is 0. The van der Waals surface area contributed by atoms with Gasteiger partial charge in [0.25, 0.3) is 0 Å². The first-order chi connectivity index (χ1) is 11.8. The molecular formula is C17H29BrIN3O2S. The lowest BCUT2D eigenvalue weighted by Crippen LogP contribution is -2.39. The van der Waals surface area contributed by atoms with Crippen molar-refractivity contribution in [3.63, 3.8) is 0 Å². The predicted octanol–water partition coefficient (Wildman–Crippen LogP) is 3.67. The molecule has 0 aromatic carbocycles. The van der Waals surface area contributed by atoms with E-state index in [0.717, 1.165) is 71.2 Å². The van der Waals surface area contributed by atoms with Crippen LogP contribution in [-0.4, -0.2) is 52.5 Å². The Kier molecular flexibility index (Phi) is 13.1. The van der Waals surface area contributed by atoms with Crippen molar-refractivity contribution >= 4 is 57.2 Å². The first kappa shape index (κ1) is 23.1. The molecule has 0 aliphatic carbocycles. The molecule has 2 N–H and O–H groups in total. The Bertz CT molecular complexity index is 496. The number of ether oxygens (including phenoxy) is 2. The number of halogens is 2. The van der Waals surface area contributed by atoms with Gasteiger partial charge in [-0.2, -0.15) is 0 Å². The topological polar surface area (TPSA) is 54.9 Å². The minimum Gasteiger partial charge on any atom is -0.381 e. The zero-order valence-corrected chi connectivity index (χ0v) is 19.5. The molecule has 5 nitrogen and oxygen atoms in total. The van der Waals surface area contributed by atoms with Crippen molar-refractivity contribution in [1.29, 1.82) is 0 Å². The molecule has 1 aliphatic rings. The maximum atomic E-state index is 5.77. The highest BCUT2D eigenvalue weighted by Gasteiger charge is 2.13. The zero-order chi connectivity index (χ0) is 17.0. The number of thiophene rings is 1. The van der Waals surface area contributed by atoms with Crippen LogP contribution in [-0.2, 0) is 15.9 Å². The van der Waals surface area contributed by atoms with Crippen LogP contribution in [0.15, 0.2) is 20.9 Å². The molecule has 0 amide bonds. The largest absolute Gasteiger partial charge is 0.381 e. The summed E-state index contributed by atoms with van der Waals surface area (Å²) >= 11 is 5.27. The first-order valence-corrected chi connectivity index (χ1v) is 10.2. The molecule has 1 aromatic rings. The SMILES string of the molecule is CN=C(NCCCOCC1CCOCC1)NCCc1ccc(Br)s1.I. The quantitative estimate of drug-likeness (QED) is 0.215. The lowest BCUT2D eigenvalue weighted by atomic mass is 10.0. The maximum absolute atomic E-state index is 5.77. The highest BCUT2D eigenvalue weighted by molar-refractivity contribution is 14.0. The first-order valence-electron chi connectivity index (χ1n) is 8.62. The van der Waals surface area contributed by atoms with Crippen LogP contribution in [0.1, 0.15) is 24.1 Å². The summed E-state index contributed by atoms with van der Waals surface area (Å²) in [5.41, 5.74) is 0. The van der Waals surface area contributed by atoms with Crippen molar-refractivity contribution in [1.82, 2.24) is 10.6 Å². The highest BCUT2D eigenvalue weighted by Crippen LogP contribution is 2.22. The summed E-state index contributed by atoms with van der Waals surface area (Å²) in [4.78, 5) is 5.62. The summed E-state index contributed by atoms with van der Waals surface area (Å²) in [5, 5.41) is 6.68. The van der Waals surface area contributed by atoms with Gasteiger partial charge in [0.2, 0.25) is 0 Å². The Balaban J connectivity index is 0.00000312. The third-order valence-electron chi connectivity index (χ3n) is 3.97. The molecular weight excluding hydrogens is 517 g/mol. The van der Waals surface area contributed by atoms with Gasteiger partial charge < -0.3 is 20.1 Å². The van der Waals surface area contributed by atoms with E-state index in [2.05, 4.69) is 43.7 Å². The lowest BCUT2D eigenvalue weighted by molar-refractivity contribution is 0.0203. The van der Waals surface area contributed by atoms with Crippen molar-refractivity contribution in [2.24, 2.45) is 10.9 Å². The second-order valence-electron chi connectivity index (χ2n) is 5.87. The highest BCUT2D eigenvalue weighted by atomic mass is 127. The number of nitrogens with zero attached hydrogens (tertiary/aromatic N) is 1. The predicted molar refractivity (Wildman–Crippen MR) is 119 cm³/mol. The summed E-state index contributed by atoms with van der Waals surface area (Å²) in [5.74, 6) is 1.54. The third kappa shape index (κ3) is 10.1. The molecule has 8 heteroatoms. The number of rotatable bonds is 9. The molecule has 0 atom stereocenters. The van der Waals surface area contributed by atoms with Gasteiger partial charge in [-0.15, -0.1) is 35.3 Å². The Labute approximate surface area is 180 Å². The van der Waals surface area contributed by atoms with E-state index in [0.29, 0.717) is 5.92 Å². The number of aliphatic imine (C=N–C) groups is 1. The van der Waals surface area contributed by atoms with Crippen molar-refractivity contribution in [2.75, 3.05) is 46.6 Å². The molecule has 2 heterocycles. The molecule has 1 saturated heterocycles. The average Bonchev–Trinajstić information content (AvgIpc) is 3.02. The Morgan fingerprint density at radius 1 is 1.32 bits per heavy atom. The number of guanidine groups is 1. The fourth-order valence-electron chi connectivity index (χ4n) is 2.55. The van der Waals surface area contributed by atoms with Crippen LogP contribution in [0.5, 0.6) is 0 Å². The summed E-state index contributed by atoms with van der Waals surface area (Å²) in [6, 6.07) is 4.25. The van der Waals surface area contributed by atoms with Gasteiger partial charge in [0, 0.05) is 51.4 Å². The van der Waals surface area contributed by atoms with E-state index < -0.39 is 0 Å². The molecule has 1 aliphatic heterocycles. The fourth-order valence-corrected chi connectivity index (χ4v) is 4.04. The minimum atomic E-state index is 0. The molecule has 1 fully saturated rings. The Hall–Kier alpha value is 0.1000. The van der Waals surface area contributed by atoms with Crippen LogP contribution in [0.4, 0.5) is 0 Å². The van der Waals surface area contributed by atoms with E-state index in [1.165, 1.54) is 8.66 Å². The number of hydrogen-bond donors (Lipinski definition) is 2. The Morgan fingerprint density at radius 3 is 2.76 bits per heavy atom. The van der Waals surface area contributed by atoms with Gasteiger partial charge >= 0.3 is 0 Å². The van der Waals surface area contributed by atoms with E-state index in [-0.39, 0.29) is 24.0 Å². The van der Waals surface area contributed by atoms with Gasteiger partial charge in [-0.1, -0.05) is 0 Å². The van der Waals surface area contributed by atoms with Crippen molar-refractivity contribution in [2.45, 2.75) is 25.7 Å². The van der Waals surface area contributed by atoms with Gasteiger partial charge in [-0.05, 0) is 59.7 Å². The molecule has 0 radical (unpaired) electrons. The van der Waals surface area contributed by atoms with Crippen LogP contribution in [0, 0.1) is 5.92 Å². The van der Waals surface area contributed by atoms with Crippen molar-refractivity contribution < 1.29 is 9.47 Å². The normalized spacial score (nSPS) is 15.7. The standard InChI is InChI=1S/C17H28BrN3O2S.HI/c1-19-17(21-9-5-15-3-4-16(18)24-15)20-8-2-10-23-13-14-6-11-22-12-7-14;/h3-4,14H,2,5-13H2,1H3,(H2,19,20,21);1H. The molecule has 25 heavy (non-hydrogen) atoms. The monoisotopic (exact) mass is 545 g/mol. The molecule has 1 aromatic heterocycles. The summed E-state index contributed by atoms with van der Waals surface area (Å²) in [6.45, 7) is 5.20. The van der Waals surface area contributed by atoms with Gasteiger partial charge in [0.1, 0.15) is 0 Å². The van der Waals surface area contributed by atoms with Gasteiger partial charge in [-0.25, -0.2) is 0 Å². The van der Waals surface area contributed by atoms with Crippen molar-refractivity contribution in [3.05, 3.63) is 20.8 Å². The van der Waals surface area contributed by atoms with E-state index >= 15 is 0 Å². The van der Waals surface area contributed by atoms with E-state index in [1.807, 2.05) is 0 Å². The molecule has 0 spiro atoms. The molecule has 0 saturated carbocycles. The molecule has 0 unspecified atom stereocenters. The maximum Gasteiger partial charge on any atom is 0.190 e. The van der Waals surface area contributed by atoms with Crippen LogP contribution < -0.4 is 10.6 Å². The summed E-state index contributed by atoms with van der Waals surface area (Å²) in [7, 11) is 1.80. The number of nitrogens with one attached hydrogen (secondary N) is 2. The molecule has 144 valence electrons. The smallest absolute Gasteiger partial charge is 0.190 e. The van der Waals surface area contributed by atoms with Gasteiger partial charge in [0.05, 0.1) is 3.79 Å². The summed E-state index contributed by atoms with van der Waals surface area (Å²) in [6.07, 6.45) is 4.26. The average molecular weight is 546 g/mol. The molecule has 2 rings (SSSR count). The van der Waals surface area contributed by atoms with Crippen molar-refractivity contribution in [3.8, 4) is 0 Å². The summed E-state index contributed by atoms with van der Waals surface area (Å²) < 4.78 is 12.3. The van der Waals surface area contributed by atoms with Crippen LogP contribution >= 0.6 is 51.2 Å². The lowest BCUT2D eigenvalue weighted by Gasteiger charge is -2.21. The zero-order valence-electron chi connectivity index (χ0n) is 14.8. The second kappa shape index (κ2) is 14.2. The Morgan fingerprint density at radius 2 is 2.08 bits per heavy atom. The number of hydrogen-bond acceptors (Lipinski definition) is 4. The van der Waals surface area contributed by atoms with E-state index in [4.69, 9.17) is 9.47 Å². The second-order valence-corrected chi connectivity index (χ2v) is 8.41. The van der Waals surface area contributed by atoms with E-state index in [9.17, 15) is 0 Å².